The van der Waals surface area contributed by atoms with Crippen LogP contribution in [0.25, 0.3) is 0 Å². The lowest BCUT2D eigenvalue weighted by Gasteiger charge is -2.06. The molecule has 2 fully saturated rings. The maximum Gasteiger partial charge on any atom is 0.323 e. The molecule has 0 radical (unpaired) electrons. The minimum atomic E-state index is -0.972. The molecule has 2 saturated heterocycles. The summed E-state index contributed by atoms with van der Waals surface area (Å²) in [7, 11) is 0. The first kappa shape index (κ1) is 15.8. The van der Waals surface area contributed by atoms with E-state index in [2.05, 4.69) is 10.6 Å². The average molecular weight is 276 g/mol. The fourth-order valence-corrected chi connectivity index (χ4v) is 2.08. The number of aliphatic carboxylic acids is 2. The number of rotatable bonds is 3. The van der Waals surface area contributed by atoms with Gasteiger partial charge in [0.25, 0.3) is 0 Å². The van der Waals surface area contributed by atoms with Crippen LogP contribution in [0.3, 0.4) is 0 Å². The third-order valence-corrected chi connectivity index (χ3v) is 3.23. The van der Waals surface area contributed by atoms with Crippen molar-refractivity contribution in [1.82, 2.24) is 10.6 Å². The summed E-state index contributed by atoms with van der Waals surface area (Å²) in [6.07, 6.45) is 0.380. The van der Waals surface area contributed by atoms with Crippen molar-refractivity contribution in [1.29, 1.82) is 0 Å². The minimum absolute atomic E-state index is 0.0801. The van der Waals surface area contributed by atoms with Gasteiger partial charge in [0, 0.05) is 13.2 Å². The van der Waals surface area contributed by atoms with E-state index in [-0.39, 0.29) is 12.5 Å². The van der Waals surface area contributed by atoms with Gasteiger partial charge in [-0.25, -0.2) is 0 Å². The van der Waals surface area contributed by atoms with Crippen molar-refractivity contribution in [2.24, 2.45) is 5.92 Å². The summed E-state index contributed by atoms with van der Waals surface area (Å²) < 4.78 is 0. The van der Waals surface area contributed by atoms with Crippen LogP contribution < -0.4 is 10.6 Å². The van der Waals surface area contributed by atoms with Crippen molar-refractivity contribution in [3.8, 4) is 0 Å². The van der Waals surface area contributed by atoms with Gasteiger partial charge in [-0.2, -0.15) is 0 Å². The Hall–Kier alpha value is -1.22. The van der Waals surface area contributed by atoms with Gasteiger partial charge >= 0.3 is 11.9 Å². The molecule has 19 heavy (non-hydrogen) atoms. The largest absolute Gasteiger partial charge is 0.480 e. The van der Waals surface area contributed by atoms with Crippen LogP contribution in [-0.2, 0) is 9.59 Å². The molecule has 8 nitrogen and oxygen atoms in total. The Morgan fingerprint density at radius 2 is 1.84 bits per heavy atom. The van der Waals surface area contributed by atoms with Gasteiger partial charge in [-0.05, 0) is 25.3 Å². The van der Waals surface area contributed by atoms with Gasteiger partial charge in [-0.15, -0.1) is 0 Å². The number of hydrogen-bond donors (Lipinski definition) is 6. The van der Waals surface area contributed by atoms with Crippen LogP contribution in [0.2, 0.25) is 0 Å². The molecule has 4 atom stereocenters. The summed E-state index contributed by atoms with van der Waals surface area (Å²) in [5.74, 6) is -1.67. The maximum atomic E-state index is 10.3. The van der Waals surface area contributed by atoms with Crippen LogP contribution in [0.1, 0.15) is 12.8 Å². The molecule has 0 bridgehead atoms. The fourth-order valence-electron chi connectivity index (χ4n) is 2.08. The Balaban J connectivity index is 0.000000191. The summed E-state index contributed by atoms with van der Waals surface area (Å²) in [5.41, 5.74) is 0. The second-order valence-electron chi connectivity index (χ2n) is 4.71. The zero-order chi connectivity index (χ0) is 14.4. The zero-order valence-electron chi connectivity index (χ0n) is 10.5. The number of aliphatic hydroxyl groups is 2. The predicted molar refractivity (Wildman–Crippen MR) is 64.7 cm³/mol. The molecular weight excluding hydrogens is 256 g/mol. The van der Waals surface area contributed by atoms with Crippen molar-refractivity contribution in [2.45, 2.75) is 31.0 Å². The highest BCUT2D eigenvalue weighted by molar-refractivity contribution is 5.74. The number of carboxylic acid groups (broad SMARTS) is 2. The standard InChI is InChI=1S/C6H11NO3.C5H9NO3/c8-3-4-1-5(6(9)10)7-2-4;7-3-1-2-6-4(3)5(8)9/h4-5,7-8H,1-3H2,(H,9,10);3-4,6-7H,1-2H2,(H,8,9)/t4?,5-;3?,4-/m00/s1. The number of carboxylic acids is 2. The molecule has 2 aliphatic heterocycles. The molecule has 0 spiro atoms. The van der Waals surface area contributed by atoms with Crippen molar-refractivity contribution in [2.75, 3.05) is 19.7 Å². The van der Waals surface area contributed by atoms with Crippen LogP contribution in [0.4, 0.5) is 0 Å². The predicted octanol–water partition coefficient (Wildman–Crippen LogP) is -2.16. The van der Waals surface area contributed by atoms with E-state index in [1.807, 2.05) is 0 Å². The van der Waals surface area contributed by atoms with Gasteiger partial charge in [0.15, 0.2) is 0 Å². The van der Waals surface area contributed by atoms with E-state index >= 15 is 0 Å². The fraction of sp³-hybridized carbons (Fsp3) is 0.818. The molecule has 2 unspecified atom stereocenters. The molecule has 2 heterocycles. The van der Waals surface area contributed by atoms with Crippen LogP contribution in [0.5, 0.6) is 0 Å². The lowest BCUT2D eigenvalue weighted by molar-refractivity contribution is -0.141. The molecule has 2 aliphatic rings. The third-order valence-electron chi connectivity index (χ3n) is 3.23. The third kappa shape index (κ3) is 4.75. The second kappa shape index (κ2) is 7.39. The highest BCUT2D eigenvalue weighted by Crippen LogP contribution is 2.12. The first-order chi connectivity index (χ1) is 8.95. The van der Waals surface area contributed by atoms with Crippen LogP contribution >= 0.6 is 0 Å². The lowest BCUT2D eigenvalue weighted by Crippen LogP contribution is -2.38. The van der Waals surface area contributed by atoms with Crippen molar-refractivity contribution < 1.29 is 30.0 Å². The number of carbonyl (C=O) groups is 2. The molecular formula is C11H20N2O6. The SMILES string of the molecule is O=C(O)[C@@H]1CC(CO)CN1.O=C(O)[C@H]1NCCC1O. The topological polar surface area (TPSA) is 139 Å². The molecule has 0 aliphatic carbocycles. The smallest absolute Gasteiger partial charge is 0.323 e. The summed E-state index contributed by atoms with van der Waals surface area (Å²) in [4.78, 5) is 20.5. The first-order valence-corrected chi connectivity index (χ1v) is 6.17. The summed E-state index contributed by atoms with van der Waals surface area (Å²) in [6.45, 7) is 1.29. The van der Waals surface area contributed by atoms with E-state index in [0.717, 1.165) is 0 Å². The highest BCUT2D eigenvalue weighted by Gasteiger charge is 2.30. The molecule has 0 amide bonds. The minimum Gasteiger partial charge on any atom is -0.480 e. The van der Waals surface area contributed by atoms with Gasteiger partial charge < -0.3 is 31.1 Å². The van der Waals surface area contributed by atoms with Gasteiger partial charge in [0.2, 0.25) is 0 Å². The highest BCUT2D eigenvalue weighted by atomic mass is 16.4. The van der Waals surface area contributed by atoms with Gasteiger partial charge in [-0.1, -0.05) is 0 Å². The zero-order valence-corrected chi connectivity index (χ0v) is 10.5. The monoisotopic (exact) mass is 276 g/mol. The number of aliphatic hydroxyl groups excluding tert-OH is 2. The Labute approximate surface area is 110 Å². The Morgan fingerprint density at radius 1 is 1.16 bits per heavy atom. The molecule has 110 valence electrons. The van der Waals surface area contributed by atoms with Gasteiger partial charge in [0.05, 0.1) is 6.10 Å². The maximum absolute atomic E-state index is 10.3. The van der Waals surface area contributed by atoms with E-state index in [9.17, 15) is 9.59 Å². The molecule has 0 aromatic carbocycles. The van der Waals surface area contributed by atoms with Crippen LogP contribution in [0, 0.1) is 5.92 Å². The van der Waals surface area contributed by atoms with Gasteiger partial charge in [-0.3, -0.25) is 9.59 Å². The molecule has 0 aromatic rings. The van der Waals surface area contributed by atoms with E-state index in [1.165, 1.54) is 0 Å². The van der Waals surface area contributed by atoms with E-state index in [4.69, 9.17) is 20.4 Å². The van der Waals surface area contributed by atoms with Crippen LogP contribution in [0.15, 0.2) is 0 Å². The Bertz CT molecular complexity index is 324. The van der Waals surface area contributed by atoms with E-state index in [0.29, 0.717) is 25.9 Å². The second-order valence-corrected chi connectivity index (χ2v) is 4.71. The Kier molecular flexibility index (Phi) is 6.16. The van der Waals surface area contributed by atoms with E-state index < -0.39 is 30.1 Å². The Morgan fingerprint density at radius 3 is 2.11 bits per heavy atom. The number of hydrogen-bond acceptors (Lipinski definition) is 6. The normalized spacial score (nSPS) is 33.6. The van der Waals surface area contributed by atoms with Crippen molar-refractivity contribution in [3.05, 3.63) is 0 Å². The number of nitrogens with one attached hydrogen (secondary N) is 2. The molecule has 6 N–H and O–H groups in total. The first-order valence-electron chi connectivity index (χ1n) is 6.17. The molecule has 0 saturated carbocycles. The van der Waals surface area contributed by atoms with E-state index in [1.54, 1.807) is 0 Å². The lowest BCUT2D eigenvalue weighted by atomic mass is 10.1. The average Bonchev–Trinajstić information content (AvgIpc) is 2.97. The van der Waals surface area contributed by atoms with Crippen molar-refractivity contribution in [3.63, 3.8) is 0 Å². The molecule has 2 rings (SSSR count). The molecule has 0 aromatic heterocycles. The summed E-state index contributed by atoms with van der Waals surface area (Å²) >= 11 is 0. The van der Waals surface area contributed by atoms with Crippen LogP contribution in [-0.4, -0.2) is 70.2 Å². The van der Waals surface area contributed by atoms with Gasteiger partial charge in [0.1, 0.15) is 12.1 Å². The molecule has 8 heteroatoms. The summed E-state index contributed by atoms with van der Waals surface area (Å²) in [5, 5.41) is 39.8. The van der Waals surface area contributed by atoms with Crippen molar-refractivity contribution >= 4 is 11.9 Å². The quantitative estimate of drug-likeness (QED) is 0.342. The summed E-state index contributed by atoms with van der Waals surface area (Å²) in [6, 6.07) is -1.19.